The number of nitrogens with one attached hydrogen (secondary N) is 1. The Kier molecular flexibility index (Phi) is 2.23. The van der Waals surface area contributed by atoms with E-state index in [9.17, 15) is 4.79 Å². The fourth-order valence-corrected chi connectivity index (χ4v) is 3.17. The first-order valence-electron chi connectivity index (χ1n) is 4.93. The fourth-order valence-electron chi connectivity index (χ4n) is 2.12. The van der Waals surface area contributed by atoms with Gasteiger partial charge in [-0.3, -0.25) is 4.79 Å². The Morgan fingerprint density at radius 1 is 1.38 bits per heavy atom. The van der Waals surface area contributed by atoms with Gasteiger partial charge in [0.05, 0.1) is 5.52 Å². The van der Waals surface area contributed by atoms with Crippen LogP contribution >= 0.6 is 27.5 Å². The van der Waals surface area contributed by atoms with E-state index in [1.54, 1.807) is 0 Å². The minimum absolute atomic E-state index is 0.0227. The van der Waals surface area contributed by atoms with Crippen molar-refractivity contribution >= 4 is 44.3 Å². The van der Waals surface area contributed by atoms with Gasteiger partial charge in [0, 0.05) is 28.0 Å². The molecule has 1 aromatic heterocycles. The molecule has 0 bridgehead atoms. The van der Waals surface area contributed by atoms with E-state index in [1.165, 1.54) is 0 Å². The number of carbonyl (C=O) groups is 1. The summed E-state index contributed by atoms with van der Waals surface area (Å²) in [4.78, 5) is 11.7. The van der Waals surface area contributed by atoms with Crippen LogP contribution in [0, 0.1) is 0 Å². The van der Waals surface area contributed by atoms with Crippen molar-refractivity contribution in [2.24, 2.45) is 0 Å². The summed E-state index contributed by atoms with van der Waals surface area (Å²) in [7, 11) is 0. The number of rotatable bonds is 0. The summed E-state index contributed by atoms with van der Waals surface area (Å²) in [6.07, 6.45) is 0. The van der Waals surface area contributed by atoms with Crippen LogP contribution < -0.4 is 5.32 Å². The largest absolute Gasteiger partial charge is 0.349 e. The van der Waals surface area contributed by atoms with Gasteiger partial charge in [-0.25, -0.2) is 0 Å². The van der Waals surface area contributed by atoms with Gasteiger partial charge in [-0.2, -0.15) is 0 Å². The molecule has 0 saturated heterocycles. The summed E-state index contributed by atoms with van der Waals surface area (Å²) >= 11 is 9.47. The van der Waals surface area contributed by atoms with Gasteiger partial charge in [-0.15, -0.1) is 0 Å². The number of carbonyl (C=O) groups excluding carboxylic acids is 1. The molecule has 0 fully saturated rings. The van der Waals surface area contributed by atoms with Gasteiger partial charge >= 0.3 is 0 Å². The Labute approximate surface area is 106 Å². The molecule has 0 saturated carbocycles. The van der Waals surface area contributed by atoms with Crippen LogP contribution in [0.5, 0.6) is 0 Å². The second-order valence-corrected chi connectivity index (χ2v) is 5.05. The van der Waals surface area contributed by atoms with Crippen molar-refractivity contribution in [2.45, 2.75) is 6.54 Å². The number of aromatic nitrogens is 1. The zero-order chi connectivity index (χ0) is 11.3. The van der Waals surface area contributed by atoms with E-state index in [0.29, 0.717) is 17.3 Å². The third-order valence-corrected chi connectivity index (χ3v) is 3.59. The van der Waals surface area contributed by atoms with Crippen LogP contribution in [0.15, 0.2) is 22.7 Å². The number of benzene rings is 1. The number of hydrogen-bond donors (Lipinski definition) is 1. The van der Waals surface area contributed by atoms with E-state index in [1.807, 2.05) is 22.8 Å². The topological polar surface area (TPSA) is 34.0 Å². The van der Waals surface area contributed by atoms with E-state index in [0.717, 1.165) is 21.9 Å². The maximum atomic E-state index is 11.7. The molecule has 1 aromatic carbocycles. The molecule has 1 N–H and O–H groups in total. The highest BCUT2D eigenvalue weighted by Crippen LogP contribution is 2.31. The first kappa shape index (κ1) is 10.2. The third-order valence-electron chi connectivity index (χ3n) is 2.76. The average Bonchev–Trinajstić information content (AvgIpc) is 2.57. The quantitative estimate of drug-likeness (QED) is 0.797. The molecule has 0 radical (unpaired) electrons. The highest BCUT2D eigenvalue weighted by Gasteiger charge is 2.20. The zero-order valence-corrected chi connectivity index (χ0v) is 10.6. The van der Waals surface area contributed by atoms with E-state index in [2.05, 4.69) is 21.2 Å². The highest BCUT2D eigenvalue weighted by molar-refractivity contribution is 9.10. The van der Waals surface area contributed by atoms with Crippen LogP contribution in [0.25, 0.3) is 10.9 Å². The van der Waals surface area contributed by atoms with Gasteiger partial charge in [-0.1, -0.05) is 11.6 Å². The molecular weight excluding hydrogens is 291 g/mol. The predicted octanol–water partition coefficient (Wildman–Crippen LogP) is 2.80. The summed E-state index contributed by atoms with van der Waals surface area (Å²) in [5.41, 5.74) is 1.73. The van der Waals surface area contributed by atoms with Crippen molar-refractivity contribution in [3.63, 3.8) is 0 Å². The lowest BCUT2D eigenvalue weighted by Gasteiger charge is -2.16. The number of nitrogens with zero attached hydrogens (tertiary/aromatic N) is 1. The van der Waals surface area contributed by atoms with Gasteiger partial charge in [0.25, 0.3) is 5.91 Å². The SMILES string of the molecule is O=C1NCCn2c1cc1cc(Cl)cc(Br)c12. The summed E-state index contributed by atoms with van der Waals surface area (Å²) in [5, 5.41) is 4.49. The molecule has 0 unspecified atom stereocenters. The standard InChI is InChI=1S/C11H8BrClN2O/c12-8-5-7(13)3-6-4-9-11(16)14-1-2-15(9)10(6)8/h3-5H,1-2H2,(H,14,16). The first-order chi connectivity index (χ1) is 7.66. The summed E-state index contributed by atoms with van der Waals surface area (Å²) < 4.78 is 2.95. The fraction of sp³-hybridized carbons (Fsp3) is 0.182. The molecule has 3 rings (SSSR count). The van der Waals surface area contributed by atoms with Crippen molar-refractivity contribution in [1.82, 2.24) is 9.88 Å². The molecule has 3 nitrogen and oxygen atoms in total. The van der Waals surface area contributed by atoms with Crippen LogP contribution in [0.2, 0.25) is 5.02 Å². The van der Waals surface area contributed by atoms with Gasteiger partial charge < -0.3 is 9.88 Å². The molecule has 16 heavy (non-hydrogen) atoms. The number of amides is 1. The van der Waals surface area contributed by atoms with Crippen molar-refractivity contribution in [3.8, 4) is 0 Å². The Morgan fingerprint density at radius 2 is 2.19 bits per heavy atom. The van der Waals surface area contributed by atoms with Gasteiger partial charge in [-0.05, 0) is 34.1 Å². The van der Waals surface area contributed by atoms with Gasteiger partial charge in [0.2, 0.25) is 0 Å². The third kappa shape index (κ3) is 1.37. The Bertz CT molecular complexity index is 606. The van der Waals surface area contributed by atoms with Crippen molar-refractivity contribution in [2.75, 3.05) is 6.54 Å². The van der Waals surface area contributed by atoms with Crippen LogP contribution in [0.1, 0.15) is 10.5 Å². The molecule has 5 heteroatoms. The number of hydrogen-bond acceptors (Lipinski definition) is 1. The Hall–Kier alpha value is -1.000. The second kappa shape index (κ2) is 3.50. The Balaban J connectivity index is 2.40. The molecule has 1 amide bonds. The maximum Gasteiger partial charge on any atom is 0.268 e. The minimum Gasteiger partial charge on any atom is -0.349 e. The Morgan fingerprint density at radius 3 is 3.00 bits per heavy atom. The normalized spacial score (nSPS) is 15.0. The van der Waals surface area contributed by atoms with Gasteiger partial charge in [0.1, 0.15) is 5.69 Å². The van der Waals surface area contributed by atoms with Crippen molar-refractivity contribution in [1.29, 1.82) is 0 Å². The molecule has 1 aliphatic rings. The van der Waals surface area contributed by atoms with E-state index in [-0.39, 0.29) is 5.91 Å². The number of halogens is 2. The maximum absolute atomic E-state index is 11.7. The molecule has 2 heterocycles. The summed E-state index contributed by atoms with van der Waals surface area (Å²) in [6, 6.07) is 5.60. The van der Waals surface area contributed by atoms with E-state index in [4.69, 9.17) is 11.6 Å². The molecule has 2 aromatic rings. The molecule has 0 atom stereocenters. The summed E-state index contributed by atoms with van der Waals surface area (Å²) in [5.74, 6) is -0.0227. The first-order valence-corrected chi connectivity index (χ1v) is 6.10. The van der Waals surface area contributed by atoms with E-state index >= 15 is 0 Å². The molecule has 0 spiro atoms. The van der Waals surface area contributed by atoms with E-state index < -0.39 is 0 Å². The lowest BCUT2D eigenvalue weighted by molar-refractivity contribution is 0.0929. The van der Waals surface area contributed by atoms with Crippen LogP contribution in [0.3, 0.4) is 0 Å². The van der Waals surface area contributed by atoms with Gasteiger partial charge in [0.15, 0.2) is 0 Å². The zero-order valence-electron chi connectivity index (χ0n) is 8.26. The lowest BCUT2D eigenvalue weighted by Crippen LogP contribution is -2.34. The van der Waals surface area contributed by atoms with Crippen molar-refractivity contribution in [3.05, 3.63) is 33.4 Å². The predicted molar refractivity (Wildman–Crippen MR) is 67.0 cm³/mol. The van der Waals surface area contributed by atoms with Crippen molar-refractivity contribution < 1.29 is 4.79 Å². The lowest BCUT2D eigenvalue weighted by atomic mass is 10.2. The number of fused-ring (bicyclic) bond motifs is 3. The molecular formula is C11H8BrClN2O. The summed E-state index contributed by atoms with van der Waals surface area (Å²) in [6.45, 7) is 1.47. The monoisotopic (exact) mass is 298 g/mol. The molecule has 82 valence electrons. The minimum atomic E-state index is -0.0227. The smallest absolute Gasteiger partial charge is 0.268 e. The molecule has 0 aliphatic carbocycles. The molecule has 1 aliphatic heterocycles. The van der Waals surface area contributed by atoms with Crippen LogP contribution in [0.4, 0.5) is 0 Å². The average molecular weight is 300 g/mol. The van der Waals surface area contributed by atoms with Crippen LogP contribution in [-0.4, -0.2) is 17.0 Å². The van der Waals surface area contributed by atoms with Crippen LogP contribution in [-0.2, 0) is 6.54 Å². The second-order valence-electron chi connectivity index (χ2n) is 3.76. The highest BCUT2D eigenvalue weighted by atomic mass is 79.9.